The molecule has 1 aliphatic rings. The first-order valence-electron chi connectivity index (χ1n) is 10.4. The van der Waals surface area contributed by atoms with Gasteiger partial charge in [0.05, 0.1) is 12.6 Å². The number of aliphatic imine (C=N–C) groups is 1. The summed E-state index contributed by atoms with van der Waals surface area (Å²) in [7, 11) is 0. The second kappa shape index (κ2) is 13.7. The topological polar surface area (TPSA) is 101 Å². The molecule has 2 N–H and O–H groups in total. The van der Waals surface area contributed by atoms with Gasteiger partial charge in [-0.2, -0.15) is 0 Å². The van der Waals surface area contributed by atoms with Crippen LogP contribution < -0.4 is 10.6 Å². The van der Waals surface area contributed by atoms with Gasteiger partial charge < -0.3 is 29.5 Å². The fourth-order valence-electron chi connectivity index (χ4n) is 2.96. The van der Waals surface area contributed by atoms with Crippen molar-refractivity contribution in [3.8, 4) is 0 Å². The number of carbonyl (C=O) groups is 1. The van der Waals surface area contributed by atoms with Gasteiger partial charge >= 0.3 is 6.09 Å². The monoisotopic (exact) mass is 537 g/mol. The largest absolute Gasteiger partial charge is 0.444 e. The normalized spacial score (nSPS) is 15.5. The number of guanidine groups is 1. The summed E-state index contributed by atoms with van der Waals surface area (Å²) in [5, 5.41) is 9.99. The van der Waals surface area contributed by atoms with Crippen LogP contribution in [0.4, 0.5) is 4.79 Å². The predicted molar refractivity (Wildman–Crippen MR) is 126 cm³/mol. The lowest BCUT2D eigenvalue weighted by Crippen LogP contribution is -2.47. The van der Waals surface area contributed by atoms with Crippen LogP contribution in [-0.4, -0.2) is 66.6 Å². The summed E-state index contributed by atoms with van der Waals surface area (Å²) < 4.78 is 16.0. The summed E-state index contributed by atoms with van der Waals surface area (Å²) in [4.78, 5) is 18.5. The average molecular weight is 537 g/mol. The van der Waals surface area contributed by atoms with Crippen molar-refractivity contribution >= 4 is 36.0 Å². The molecular formula is C20H36IN5O4. The minimum atomic E-state index is -0.474. The van der Waals surface area contributed by atoms with Gasteiger partial charge in [0.1, 0.15) is 17.6 Å². The van der Waals surface area contributed by atoms with Gasteiger partial charge in [-0.1, -0.05) is 5.16 Å². The Morgan fingerprint density at radius 2 is 2.07 bits per heavy atom. The van der Waals surface area contributed by atoms with E-state index in [2.05, 4.69) is 32.6 Å². The number of alkyl carbamates (subject to hydrolysis) is 1. The van der Waals surface area contributed by atoms with Crippen LogP contribution in [0, 0.1) is 0 Å². The highest BCUT2D eigenvalue weighted by Gasteiger charge is 2.22. The van der Waals surface area contributed by atoms with E-state index in [0.29, 0.717) is 19.7 Å². The molecule has 1 aromatic heterocycles. The van der Waals surface area contributed by atoms with Crippen LogP contribution in [0.15, 0.2) is 21.8 Å². The first kappa shape index (κ1) is 26.5. The van der Waals surface area contributed by atoms with Crippen molar-refractivity contribution in [2.45, 2.75) is 65.2 Å². The van der Waals surface area contributed by atoms with E-state index in [9.17, 15) is 4.79 Å². The van der Waals surface area contributed by atoms with Crippen LogP contribution in [0.25, 0.3) is 0 Å². The summed E-state index contributed by atoms with van der Waals surface area (Å²) in [6, 6.07) is 1.82. The Bertz CT molecular complexity index is 626. The number of ether oxygens (including phenoxy) is 2. The molecule has 0 radical (unpaired) electrons. The Morgan fingerprint density at radius 3 is 2.67 bits per heavy atom. The van der Waals surface area contributed by atoms with Crippen molar-refractivity contribution in [1.29, 1.82) is 0 Å². The Labute approximate surface area is 196 Å². The first-order chi connectivity index (χ1) is 13.9. The molecule has 0 aromatic carbocycles. The van der Waals surface area contributed by atoms with E-state index < -0.39 is 5.60 Å². The lowest BCUT2D eigenvalue weighted by atomic mass is 10.1. The number of hydrogen-bond acceptors (Lipinski definition) is 6. The van der Waals surface area contributed by atoms with E-state index in [0.717, 1.165) is 50.6 Å². The standard InChI is InChI=1S/C20H35N5O4.HI/c1-5-21-18(23-15-16-9-14-28-24-16)25-11-7-17(8-12-25)27-13-6-10-22-19(26)29-20(2,3)4;/h9,14,17H,5-8,10-13,15H2,1-4H3,(H,21,23)(H,22,26);1H. The lowest BCUT2D eigenvalue weighted by molar-refractivity contribution is 0.0170. The molecule has 2 rings (SSSR count). The van der Waals surface area contributed by atoms with Crippen molar-refractivity contribution in [2.24, 2.45) is 4.99 Å². The molecule has 0 unspecified atom stereocenters. The Balaban J connectivity index is 0.00000450. The quantitative estimate of drug-likeness (QED) is 0.228. The Hall–Kier alpha value is -1.56. The molecule has 1 fully saturated rings. The molecule has 0 saturated carbocycles. The van der Waals surface area contributed by atoms with Gasteiger partial charge in [0, 0.05) is 38.9 Å². The number of nitrogens with one attached hydrogen (secondary N) is 2. The van der Waals surface area contributed by atoms with Gasteiger partial charge in [-0.05, 0) is 47.0 Å². The Morgan fingerprint density at radius 1 is 1.33 bits per heavy atom. The number of hydrogen-bond donors (Lipinski definition) is 2. The number of amides is 1. The molecule has 9 nitrogen and oxygen atoms in total. The van der Waals surface area contributed by atoms with Crippen molar-refractivity contribution in [3.05, 3.63) is 18.0 Å². The van der Waals surface area contributed by atoms with Crippen LogP contribution in [0.3, 0.4) is 0 Å². The molecule has 1 aliphatic heterocycles. The zero-order chi connectivity index (χ0) is 21.1. The third kappa shape index (κ3) is 10.5. The van der Waals surface area contributed by atoms with Crippen LogP contribution in [-0.2, 0) is 16.0 Å². The van der Waals surface area contributed by atoms with Crippen LogP contribution in [0.5, 0.6) is 0 Å². The van der Waals surface area contributed by atoms with Gasteiger partial charge in [0.25, 0.3) is 0 Å². The summed E-state index contributed by atoms with van der Waals surface area (Å²) >= 11 is 0. The predicted octanol–water partition coefficient (Wildman–Crippen LogP) is 3.15. The molecule has 1 amide bonds. The number of halogens is 1. The van der Waals surface area contributed by atoms with Crippen LogP contribution in [0.2, 0.25) is 0 Å². The van der Waals surface area contributed by atoms with Crippen molar-refractivity contribution in [1.82, 2.24) is 20.7 Å². The SMILES string of the molecule is CCNC(=NCc1ccon1)N1CCC(OCCCNC(=O)OC(C)(C)C)CC1.I. The fraction of sp³-hybridized carbons (Fsp3) is 0.750. The molecule has 30 heavy (non-hydrogen) atoms. The minimum Gasteiger partial charge on any atom is -0.444 e. The highest BCUT2D eigenvalue weighted by Crippen LogP contribution is 2.14. The maximum atomic E-state index is 11.6. The van der Waals surface area contributed by atoms with Crippen molar-refractivity contribution in [2.75, 3.05) is 32.8 Å². The second-order valence-electron chi connectivity index (χ2n) is 8.00. The van der Waals surface area contributed by atoms with Gasteiger partial charge in [-0.15, -0.1) is 24.0 Å². The molecule has 1 aromatic rings. The van der Waals surface area contributed by atoms with Gasteiger partial charge in [-0.25, -0.2) is 9.79 Å². The molecule has 2 heterocycles. The van der Waals surface area contributed by atoms with Crippen molar-refractivity contribution in [3.63, 3.8) is 0 Å². The minimum absolute atomic E-state index is 0. The lowest BCUT2D eigenvalue weighted by Gasteiger charge is -2.34. The molecular weight excluding hydrogens is 501 g/mol. The number of piperidine rings is 1. The summed E-state index contributed by atoms with van der Waals surface area (Å²) in [5.41, 5.74) is 0.344. The van der Waals surface area contributed by atoms with E-state index in [1.807, 2.05) is 26.8 Å². The van der Waals surface area contributed by atoms with Gasteiger partial charge in [0.15, 0.2) is 5.96 Å². The number of nitrogens with zero attached hydrogens (tertiary/aromatic N) is 3. The Kier molecular flexibility index (Phi) is 12.1. The molecule has 0 bridgehead atoms. The van der Waals surface area contributed by atoms with Crippen molar-refractivity contribution < 1.29 is 18.8 Å². The van der Waals surface area contributed by atoms with E-state index in [4.69, 9.17) is 14.0 Å². The molecule has 10 heteroatoms. The number of likely N-dealkylation sites (tertiary alicyclic amines) is 1. The zero-order valence-corrected chi connectivity index (χ0v) is 20.8. The number of rotatable bonds is 8. The molecule has 0 spiro atoms. The third-order valence-electron chi connectivity index (χ3n) is 4.30. The van der Waals surface area contributed by atoms with E-state index in [1.165, 1.54) is 0 Å². The molecule has 0 aliphatic carbocycles. The third-order valence-corrected chi connectivity index (χ3v) is 4.30. The molecule has 0 atom stereocenters. The van der Waals surface area contributed by atoms with Gasteiger partial charge in [0.2, 0.25) is 0 Å². The summed E-state index contributed by atoms with van der Waals surface area (Å²) in [5.74, 6) is 0.899. The number of carbonyl (C=O) groups excluding carboxylic acids is 1. The smallest absolute Gasteiger partial charge is 0.407 e. The zero-order valence-electron chi connectivity index (χ0n) is 18.5. The maximum Gasteiger partial charge on any atom is 0.407 e. The maximum absolute atomic E-state index is 11.6. The number of aromatic nitrogens is 1. The van der Waals surface area contributed by atoms with E-state index >= 15 is 0 Å². The summed E-state index contributed by atoms with van der Waals surface area (Å²) in [6.45, 7) is 11.9. The van der Waals surface area contributed by atoms with Crippen LogP contribution >= 0.6 is 24.0 Å². The molecule has 1 saturated heterocycles. The van der Waals surface area contributed by atoms with E-state index in [1.54, 1.807) is 6.26 Å². The summed E-state index contributed by atoms with van der Waals surface area (Å²) in [6.07, 6.45) is 4.09. The highest BCUT2D eigenvalue weighted by molar-refractivity contribution is 14.0. The molecule has 172 valence electrons. The first-order valence-corrected chi connectivity index (χ1v) is 10.4. The average Bonchev–Trinajstić information content (AvgIpc) is 3.17. The highest BCUT2D eigenvalue weighted by atomic mass is 127. The second-order valence-corrected chi connectivity index (χ2v) is 8.00. The van der Waals surface area contributed by atoms with E-state index in [-0.39, 0.29) is 36.2 Å². The van der Waals surface area contributed by atoms with Gasteiger partial charge in [-0.3, -0.25) is 0 Å². The fourth-order valence-corrected chi connectivity index (χ4v) is 2.96. The van der Waals surface area contributed by atoms with Crippen LogP contribution in [0.1, 0.15) is 52.7 Å².